The molecule has 0 fully saturated rings. The third kappa shape index (κ3) is 3.45. The van der Waals surface area contributed by atoms with Crippen molar-refractivity contribution in [3.63, 3.8) is 0 Å². The van der Waals surface area contributed by atoms with E-state index in [4.69, 9.17) is 0 Å². The minimum Gasteiger partial charge on any atom is -0.387 e. The number of carbonyl (C=O) groups is 1. The molecule has 0 saturated heterocycles. The van der Waals surface area contributed by atoms with Crippen LogP contribution in [0.3, 0.4) is 0 Å². The monoisotopic (exact) mass is 361 g/mol. The molecule has 1 aliphatic rings. The van der Waals surface area contributed by atoms with Gasteiger partial charge in [-0.25, -0.2) is 4.99 Å². The van der Waals surface area contributed by atoms with Crippen LogP contribution in [0.4, 0.5) is 0 Å². The molecule has 0 bridgehead atoms. The van der Waals surface area contributed by atoms with Crippen LogP contribution in [-0.4, -0.2) is 45.7 Å². The molecular weight excluding hydrogens is 342 g/mol. The first kappa shape index (κ1) is 17.0. The largest absolute Gasteiger partial charge is 0.387 e. The Morgan fingerprint density at radius 3 is 2.89 bits per heavy atom. The van der Waals surface area contributed by atoms with Crippen molar-refractivity contribution in [2.24, 2.45) is 4.99 Å². The SMILES string of the molecule is CN1C(=O)/C(=C/c2ccc3[nH]ncc3c2)N=C1NC[C@H](O)c1ccccc1. The number of hydrogen-bond acceptors (Lipinski definition) is 5. The number of hydrogen-bond donors (Lipinski definition) is 3. The number of benzene rings is 2. The maximum atomic E-state index is 12.5. The second-order valence-electron chi connectivity index (χ2n) is 6.35. The Labute approximate surface area is 156 Å². The van der Waals surface area contributed by atoms with Gasteiger partial charge < -0.3 is 10.4 Å². The van der Waals surface area contributed by atoms with Crippen LogP contribution >= 0.6 is 0 Å². The summed E-state index contributed by atoms with van der Waals surface area (Å²) in [5, 5.41) is 21.2. The zero-order chi connectivity index (χ0) is 18.8. The molecule has 27 heavy (non-hydrogen) atoms. The van der Waals surface area contributed by atoms with E-state index < -0.39 is 6.10 Å². The number of aromatic nitrogens is 2. The second-order valence-corrected chi connectivity index (χ2v) is 6.35. The summed E-state index contributed by atoms with van der Waals surface area (Å²) in [6.07, 6.45) is 2.79. The highest BCUT2D eigenvalue weighted by Crippen LogP contribution is 2.20. The van der Waals surface area contributed by atoms with Gasteiger partial charge in [-0.3, -0.25) is 14.8 Å². The van der Waals surface area contributed by atoms with Crippen LogP contribution in [-0.2, 0) is 4.79 Å². The number of nitrogens with one attached hydrogen (secondary N) is 2. The lowest BCUT2D eigenvalue weighted by Gasteiger charge is -2.16. The summed E-state index contributed by atoms with van der Waals surface area (Å²) >= 11 is 0. The molecule has 0 radical (unpaired) electrons. The molecule has 136 valence electrons. The lowest BCUT2D eigenvalue weighted by molar-refractivity contribution is -0.121. The Balaban J connectivity index is 1.51. The van der Waals surface area contributed by atoms with Crippen LogP contribution < -0.4 is 5.32 Å². The Morgan fingerprint density at radius 2 is 2.07 bits per heavy atom. The zero-order valence-corrected chi connectivity index (χ0v) is 14.8. The average Bonchev–Trinajstić information content (AvgIpc) is 3.26. The van der Waals surface area contributed by atoms with Crippen LogP contribution in [0, 0.1) is 0 Å². The van der Waals surface area contributed by atoms with Gasteiger partial charge in [-0.2, -0.15) is 5.10 Å². The second kappa shape index (κ2) is 7.05. The van der Waals surface area contributed by atoms with Crippen molar-refractivity contribution < 1.29 is 9.90 Å². The van der Waals surface area contributed by atoms with Gasteiger partial charge in [-0.1, -0.05) is 36.4 Å². The quantitative estimate of drug-likeness (QED) is 0.620. The number of nitrogens with zero attached hydrogens (tertiary/aromatic N) is 3. The molecule has 7 nitrogen and oxygen atoms in total. The van der Waals surface area contributed by atoms with Crippen molar-refractivity contribution in [2.45, 2.75) is 6.10 Å². The third-order valence-electron chi connectivity index (χ3n) is 4.47. The number of likely N-dealkylation sites (N-methyl/N-ethyl adjacent to an activating group) is 1. The molecule has 2 heterocycles. The number of carbonyl (C=O) groups excluding carboxylic acids is 1. The van der Waals surface area contributed by atoms with Crippen molar-refractivity contribution in [1.82, 2.24) is 20.4 Å². The van der Waals surface area contributed by atoms with Crippen molar-refractivity contribution in [3.05, 3.63) is 71.6 Å². The van der Waals surface area contributed by atoms with Crippen LogP contribution in [0.25, 0.3) is 17.0 Å². The van der Waals surface area contributed by atoms with E-state index in [9.17, 15) is 9.90 Å². The summed E-state index contributed by atoms with van der Waals surface area (Å²) in [6.45, 7) is 0.259. The Morgan fingerprint density at radius 1 is 1.26 bits per heavy atom. The predicted octanol–water partition coefficient (Wildman–Crippen LogP) is 2.05. The van der Waals surface area contributed by atoms with E-state index in [1.807, 2.05) is 48.5 Å². The predicted molar refractivity (Wildman–Crippen MR) is 104 cm³/mol. The molecule has 3 aromatic rings. The van der Waals surface area contributed by atoms with Crippen LogP contribution in [0.1, 0.15) is 17.2 Å². The standard InChI is InChI=1S/C20H19N5O2/c1-25-19(27)17(10-13-7-8-16-15(9-13)11-22-24-16)23-20(25)21-12-18(26)14-5-3-2-4-6-14/h2-11,18,26H,12H2,1H3,(H,21,23)(H,22,24)/b17-10-/t18-/m0/s1. The number of rotatable bonds is 4. The number of guanidine groups is 1. The van der Waals surface area contributed by atoms with Crippen molar-refractivity contribution in [1.29, 1.82) is 0 Å². The fourth-order valence-corrected chi connectivity index (χ4v) is 2.95. The van der Waals surface area contributed by atoms with Crippen molar-refractivity contribution in [2.75, 3.05) is 13.6 Å². The first-order valence-electron chi connectivity index (χ1n) is 8.60. The highest BCUT2D eigenvalue weighted by molar-refractivity contribution is 6.13. The molecule has 4 rings (SSSR count). The number of aliphatic imine (C=N–C) groups is 1. The van der Waals surface area contributed by atoms with Crippen LogP contribution in [0.15, 0.2) is 65.4 Å². The Hall–Kier alpha value is -3.45. The molecule has 0 saturated carbocycles. The Bertz CT molecular complexity index is 1040. The highest BCUT2D eigenvalue weighted by atomic mass is 16.3. The molecule has 1 aromatic heterocycles. The van der Waals surface area contributed by atoms with E-state index in [2.05, 4.69) is 20.5 Å². The van der Waals surface area contributed by atoms with E-state index in [-0.39, 0.29) is 12.5 Å². The fraction of sp³-hybridized carbons (Fsp3) is 0.150. The number of aromatic amines is 1. The average molecular weight is 361 g/mol. The van der Waals surface area contributed by atoms with Gasteiger partial charge in [0, 0.05) is 19.0 Å². The number of H-pyrrole nitrogens is 1. The minimum atomic E-state index is -0.686. The Kier molecular flexibility index (Phi) is 4.43. The lowest BCUT2D eigenvalue weighted by atomic mass is 10.1. The molecule has 1 amide bonds. The van der Waals surface area contributed by atoms with Gasteiger partial charge in [0.15, 0.2) is 0 Å². The van der Waals surface area contributed by atoms with Crippen molar-refractivity contribution in [3.8, 4) is 0 Å². The minimum absolute atomic E-state index is 0.195. The summed E-state index contributed by atoms with van der Waals surface area (Å²) < 4.78 is 0. The molecule has 1 aliphatic heterocycles. The van der Waals surface area contributed by atoms with Gasteiger partial charge in [0.1, 0.15) is 5.70 Å². The summed E-state index contributed by atoms with van der Waals surface area (Å²) in [4.78, 5) is 18.3. The normalized spacial score (nSPS) is 16.8. The summed E-state index contributed by atoms with van der Waals surface area (Å²) in [6, 6.07) is 15.1. The third-order valence-corrected chi connectivity index (χ3v) is 4.47. The maximum absolute atomic E-state index is 12.5. The topological polar surface area (TPSA) is 93.6 Å². The molecule has 1 atom stereocenters. The smallest absolute Gasteiger partial charge is 0.279 e. The van der Waals surface area contributed by atoms with Gasteiger partial charge >= 0.3 is 0 Å². The first-order chi connectivity index (χ1) is 13.1. The molecule has 2 aromatic carbocycles. The van der Waals surface area contributed by atoms with Gasteiger partial charge in [-0.05, 0) is 29.3 Å². The zero-order valence-electron chi connectivity index (χ0n) is 14.8. The number of amides is 1. The summed E-state index contributed by atoms with van der Waals surface area (Å²) in [5.41, 5.74) is 2.96. The molecule has 7 heteroatoms. The molecule has 0 spiro atoms. The highest BCUT2D eigenvalue weighted by Gasteiger charge is 2.27. The van der Waals surface area contributed by atoms with Gasteiger partial charge in [0.2, 0.25) is 5.96 Å². The van der Waals surface area contributed by atoms with Gasteiger partial charge in [-0.15, -0.1) is 0 Å². The molecular formula is C20H19N5O2. The molecule has 0 unspecified atom stereocenters. The first-order valence-corrected chi connectivity index (χ1v) is 8.60. The van der Waals surface area contributed by atoms with E-state index in [1.165, 1.54) is 4.90 Å². The molecule has 0 aliphatic carbocycles. The maximum Gasteiger partial charge on any atom is 0.279 e. The van der Waals surface area contributed by atoms with E-state index >= 15 is 0 Å². The molecule has 3 N–H and O–H groups in total. The van der Waals surface area contributed by atoms with Crippen LogP contribution in [0.5, 0.6) is 0 Å². The van der Waals surface area contributed by atoms with Gasteiger partial charge in [0.05, 0.1) is 17.8 Å². The van der Waals surface area contributed by atoms with Crippen molar-refractivity contribution >= 4 is 28.8 Å². The lowest BCUT2D eigenvalue weighted by Crippen LogP contribution is -2.39. The number of fused-ring (bicyclic) bond motifs is 1. The fourth-order valence-electron chi connectivity index (χ4n) is 2.95. The summed E-state index contributed by atoms with van der Waals surface area (Å²) in [7, 11) is 1.66. The number of aliphatic hydroxyl groups excluding tert-OH is 1. The summed E-state index contributed by atoms with van der Waals surface area (Å²) in [5.74, 6) is 0.226. The number of aliphatic hydroxyl groups is 1. The van der Waals surface area contributed by atoms with Crippen LogP contribution in [0.2, 0.25) is 0 Å². The van der Waals surface area contributed by atoms with E-state index in [0.29, 0.717) is 11.7 Å². The van der Waals surface area contributed by atoms with E-state index in [1.54, 1.807) is 19.3 Å². The van der Waals surface area contributed by atoms with E-state index in [0.717, 1.165) is 22.0 Å². The van der Waals surface area contributed by atoms with Gasteiger partial charge in [0.25, 0.3) is 5.91 Å².